The Morgan fingerprint density at radius 1 is 1.00 bits per heavy atom. The zero-order chi connectivity index (χ0) is 8.32. The van der Waals surface area contributed by atoms with Gasteiger partial charge in [-0.15, -0.1) is 7.05 Å². The van der Waals surface area contributed by atoms with Gasteiger partial charge in [-0.2, -0.15) is 0 Å². The summed E-state index contributed by atoms with van der Waals surface area (Å²) in [5.74, 6) is 1.08. The van der Waals surface area contributed by atoms with Crippen molar-refractivity contribution >= 4 is 0 Å². The summed E-state index contributed by atoms with van der Waals surface area (Å²) < 4.78 is 1.14. The number of piperidine rings is 3. The number of fused-ring (bicyclic) bond motifs is 3. The minimum Gasteiger partial charge on any atom is -0.457 e. The number of rotatable bonds is 0. The lowest BCUT2D eigenvalue weighted by Crippen LogP contribution is -2.53. The van der Waals surface area contributed by atoms with E-state index in [9.17, 15) is 0 Å². The van der Waals surface area contributed by atoms with E-state index in [1.807, 2.05) is 13.8 Å². The minimum atomic E-state index is 1.08. The van der Waals surface area contributed by atoms with E-state index in [0.29, 0.717) is 0 Å². The summed E-state index contributed by atoms with van der Waals surface area (Å²) in [5, 5.41) is 0. The molecule has 0 N–H and O–H groups in total. The molecule has 0 aromatic heterocycles. The maximum absolute atomic E-state index is 4.22. The van der Waals surface area contributed by atoms with Crippen LogP contribution in [0.25, 0.3) is 0 Å². The molecule has 3 rings (SSSR count). The zero-order valence-electron chi connectivity index (χ0n) is 7.97. The Morgan fingerprint density at radius 2 is 1.36 bits per heavy atom. The molecule has 3 heterocycles. The first kappa shape index (κ1) is 9.05. The normalized spacial score (nSPS) is 41.2. The molecular weight excluding hydrogens is 134 g/mol. The average molecular weight is 155 g/mol. The SMILES string of the molecule is CC.[CH2-][N+]12CCC(CC1)CC2. The molecule has 1 heteroatoms. The molecule has 0 unspecified atom stereocenters. The molecule has 3 aliphatic rings. The number of hydrogen-bond acceptors (Lipinski definition) is 0. The summed E-state index contributed by atoms with van der Waals surface area (Å²) in [4.78, 5) is 0. The van der Waals surface area contributed by atoms with Crippen LogP contribution in [0.1, 0.15) is 33.1 Å². The smallest absolute Gasteiger partial charge is 0.0547 e. The van der Waals surface area contributed by atoms with Gasteiger partial charge < -0.3 is 4.48 Å². The highest BCUT2D eigenvalue weighted by atomic mass is 15.3. The molecule has 2 bridgehead atoms. The molecule has 3 aliphatic heterocycles. The van der Waals surface area contributed by atoms with Crippen LogP contribution in [0.5, 0.6) is 0 Å². The van der Waals surface area contributed by atoms with E-state index in [1.54, 1.807) is 0 Å². The van der Waals surface area contributed by atoms with Crippen LogP contribution < -0.4 is 0 Å². The molecule has 0 aromatic rings. The molecule has 0 atom stereocenters. The first-order valence-electron chi connectivity index (χ1n) is 4.99. The molecule has 11 heavy (non-hydrogen) atoms. The van der Waals surface area contributed by atoms with Gasteiger partial charge in [-0.1, -0.05) is 13.8 Å². The molecule has 66 valence electrons. The molecular formula is C10H21N. The molecule has 0 amide bonds. The van der Waals surface area contributed by atoms with E-state index in [2.05, 4.69) is 7.05 Å². The van der Waals surface area contributed by atoms with E-state index in [-0.39, 0.29) is 0 Å². The van der Waals surface area contributed by atoms with Crippen LogP contribution in [-0.4, -0.2) is 24.1 Å². The van der Waals surface area contributed by atoms with Crippen molar-refractivity contribution in [3.05, 3.63) is 7.05 Å². The standard InChI is InChI=1S/C8H15N.C2H6/c1-9-5-2-8(3-6-9)4-7-9;1-2/h8H,1-7H2;1-2H3. The van der Waals surface area contributed by atoms with Crippen molar-refractivity contribution in [1.82, 2.24) is 0 Å². The second kappa shape index (κ2) is 3.57. The average Bonchev–Trinajstić information content (AvgIpc) is 2.10. The van der Waals surface area contributed by atoms with E-state index in [0.717, 1.165) is 10.4 Å². The quantitative estimate of drug-likeness (QED) is 0.372. The Kier molecular flexibility index (Phi) is 2.94. The van der Waals surface area contributed by atoms with Crippen molar-refractivity contribution in [2.75, 3.05) is 19.6 Å². The van der Waals surface area contributed by atoms with Crippen molar-refractivity contribution in [1.29, 1.82) is 0 Å². The monoisotopic (exact) mass is 155 g/mol. The lowest BCUT2D eigenvalue weighted by Gasteiger charge is -2.52. The summed E-state index contributed by atoms with van der Waals surface area (Å²) in [7, 11) is 4.22. The van der Waals surface area contributed by atoms with Gasteiger partial charge >= 0.3 is 0 Å². The first-order chi connectivity index (χ1) is 5.29. The fourth-order valence-corrected chi connectivity index (χ4v) is 2.14. The lowest BCUT2D eigenvalue weighted by molar-refractivity contribution is -0.901. The van der Waals surface area contributed by atoms with Crippen molar-refractivity contribution < 1.29 is 4.48 Å². The molecule has 3 fully saturated rings. The van der Waals surface area contributed by atoms with Crippen LogP contribution in [0.4, 0.5) is 0 Å². The van der Waals surface area contributed by atoms with Crippen LogP contribution >= 0.6 is 0 Å². The van der Waals surface area contributed by atoms with Crippen LogP contribution in [0, 0.1) is 13.0 Å². The molecule has 3 saturated heterocycles. The van der Waals surface area contributed by atoms with Gasteiger partial charge in [-0.25, -0.2) is 0 Å². The maximum Gasteiger partial charge on any atom is 0.0547 e. The summed E-state index contributed by atoms with van der Waals surface area (Å²) in [5.41, 5.74) is 0. The zero-order valence-corrected chi connectivity index (χ0v) is 7.97. The minimum absolute atomic E-state index is 1.08. The Morgan fingerprint density at radius 3 is 1.55 bits per heavy atom. The van der Waals surface area contributed by atoms with E-state index in [1.165, 1.54) is 38.9 Å². The maximum atomic E-state index is 4.22. The van der Waals surface area contributed by atoms with E-state index >= 15 is 0 Å². The summed E-state index contributed by atoms with van der Waals surface area (Å²) >= 11 is 0. The van der Waals surface area contributed by atoms with Gasteiger partial charge in [0.25, 0.3) is 0 Å². The van der Waals surface area contributed by atoms with Gasteiger partial charge in [0.1, 0.15) is 0 Å². The van der Waals surface area contributed by atoms with Crippen molar-refractivity contribution in [3.63, 3.8) is 0 Å². The number of nitrogens with zero attached hydrogens (tertiary/aromatic N) is 1. The topological polar surface area (TPSA) is 0 Å². The molecule has 1 nitrogen and oxygen atoms in total. The molecule has 0 spiro atoms. The van der Waals surface area contributed by atoms with Gasteiger partial charge in [0.15, 0.2) is 0 Å². The summed E-state index contributed by atoms with van der Waals surface area (Å²) in [6, 6.07) is 0. The predicted molar refractivity (Wildman–Crippen MR) is 48.9 cm³/mol. The van der Waals surface area contributed by atoms with Gasteiger partial charge in [0, 0.05) is 0 Å². The van der Waals surface area contributed by atoms with Gasteiger partial charge in [-0.3, -0.25) is 0 Å². The lowest BCUT2D eigenvalue weighted by atomic mass is 9.86. The van der Waals surface area contributed by atoms with Crippen molar-refractivity contribution in [3.8, 4) is 0 Å². The van der Waals surface area contributed by atoms with Crippen LogP contribution in [0.3, 0.4) is 0 Å². The Hall–Kier alpha value is -0.0400. The summed E-state index contributed by atoms with van der Waals surface area (Å²) in [6.45, 7) is 8.06. The van der Waals surface area contributed by atoms with Gasteiger partial charge in [-0.05, 0) is 25.2 Å². The van der Waals surface area contributed by atoms with Gasteiger partial charge in [0.05, 0.1) is 19.6 Å². The van der Waals surface area contributed by atoms with Crippen LogP contribution in [0.15, 0.2) is 0 Å². The van der Waals surface area contributed by atoms with Crippen LogP contribution in [-0.2, 0) is 0 Å². The Bertz CT molecular complexity index is 98.3. The largest absolute Gasteiger partial charge is 0.457 e. The third kappa shape index (κ3) is 1.96. The third-order valence-electron chi connectivity index (χ3n) is 3.04. The number of quaternary nitrogens is 1. The molecule has 0 radical (unpaired) electrons. The fourth-order valence-electron chi connectivity index (χ4n) is 2.14. The second-order valence-electron chi connectivity index (χ2n) is 3.74. The Labute approximate surface area is 71.0 Å². The van der Waals surface area contributed by atoms with Crippen LogP contribution in [0.2, 0.25) is 0 Å². The highest BCUT2D eigenvalue weighted by Gasteiger charge is 2.31. The predicted octanol–water partition coefficient (Wildman–Crippen LogP) is 2.43. The number of hydrogen-bond donors (Lipinski definition) is 0. The van der Waals surface area contributed by atoms with Gasteiger partial charge in [0.2, 0.25) is 0 Å². The van der Waals surface area contributed by atoms with Crippen molar-refractivity contribution in [2.24, 2.45) is 5.92 Å². The molecule has 0 saturated carbocycles. The van der Waals surface area contributed by atoms with E-state index in [4.69, 9.17) is 0 Å². The highest BCUT2D eigenvalue weighted by molar-refractivity contribution is 4.70. The molecule has 0 aromatic carbocycles. The fraction of sp³-hybridized carbons (Fsp3) is 0.900. The molecule has 0 aliphatic carbocycles. The summed E-state index contributed by atoms with van der Waals surface area (Å²) in [6.07, 6.45) is 4.34. The van der Waals surface area contributed by atoms with Crippen molar-refractivity contribution in [2.45, 2.75) is 33.1 Å². The second-order valence-corrected chi connectivity index (χ2v) is 3.74. The van der Waals surface area contributed by atoms with E-state index < -0.39 is 0 Å². The third-order valence-corrected chi connectivity index (χ3v) is 3.04. The Balaban J connectivity index is 0.000000281. The first-order valence-corrected chi connectivity index (χ1v) is 4.99. The highest BCUT2D eigenvalue weighted by Crippen LogP contribution is 2.32.